The van der Waals surface area contributed by atoms with Gasteiger partial charge in [-0.2, -0.15) is 0 Å². The summed E-state index contributed by atoms with van der Waals surface area (Å²) in [7, 11) is -3.18. The van der Waals surface area contributed by atoms with Crippen LogP contribution in [-0.2, 0) is 15.4 Å². The van der Waals surface area contributed by atoms with Crippen molar-refractivity contribution in [2.24, 2.45) is 0 Å². The molecule has 0 saturated carbocycles. The van der Waals surface area contributed by atoms with Crippen LogP contribution in [0, 0.1) is 0 Å². The van der Waals surface area contributed by atoms with Crippen molar-refractivity contribution in [1.82, 2.24) is 4.72 Å². The van der Waals surface area contributed by atoms with Gasteiger partial charge >= 0.3 is 0 Å². The Morgan fingerprint density at radius 2 is 1.70 bits per heavy atom. The largest absolute Gasteiger partial charge is 0.212 e. The van der Waals surface area contributed by atoms with Crippen LogP contribution in [0.5, 0.6) is 0 Å². The average molecular weight is 297 g/mol. The van der Waals surface area contributed by atoms with E-state index in [1.54, 1.807) is 0 Å². The summed E-state index contributed by atoms with van der Waals surface area (Å²) in [5.74, 6) is 0.202. The molecule has 1 atom stereocenters. The van der Waals surface area contributed by atoms with Gasteiger partial charge in [0.25, 0.3) is 0 Å². The third kappa shape index (κ3) is 5.25. The first kappa shape index (κ1) is 17.2. The van der Waals surface area contributed by atoms with Crippen LogP contribution < -0.4 is 4.72 Å². The molecule has 3 nitrogen and oxygen atoms in total. The van der Waals surface area contributed by atoms with Gasteiger partial charge in [0, 0.05) is 6.04 Å². The highest BCUT2D eigenvalue weighted by molar-refractivity contribution is 7.89. The lowest BCUT2D eigenvalue weighted by Gasteiger charge is -2.20. The third-order valence-electron chi connectivity index (χ3n) is 3.40. The summed E-state index contributed by atoms with van der Waals surface area (Å²) in [6, 6.07) is 7.98. The summed E-state index contributed by atoms with van der Waals surface area (Å²) in [4.78, 5) is 0. The van der Waals surface area contributed by atoms with Crippen molar-refractivity contribution < 1.29 is 8.42 Å². The average Bonchev–Trinajstić information content (AvgIpc) is 2.35. The summed E-state index contributed by atoms with van der Waals surface area (Å²) in [6.07, 6.45) is 1.58. The molecule has 0 bridgehead atoms. The van der Waals surface area contributed by atoms with Gasteiger partial charge in [-0.1, -0.05) is 58.4 Å². The van der Waals surface area contributed by atoms with E-state index in [1.165, 1.54) is 5.56 Å². The number of nitrogens with one attached hydrogen (secondary N) is 1. The minimum absolute atomic E-state index is 0.113. The minimum Gasteiger partial charge on any atom is -0.212 e. The molecule has 0 amide bonds. The van der Waals surface area contributed by atoms with Crippen molar-refractivity contribution in [1.29, 1.82) is 0 Å². The van der Waals surface area contributed by atoms with Crippen LogP contribution in [0.1, 0.15) is 64.6 Å². The molecule has 1 aromatic rings. The van der Waals surface area contributed by atoms with Crippen LogP contribution in [0.25, 0.3) is 0 Å². The predicted octanol–water partition coefficient (Wildman–Crippen LogP) is 3.76. The van der Waals surface area contributed by atoms with Crippen molar-refractivity contribution in [3.8, 4) is 0 Å². The van der Waals surface area contributed by atoms with Crippen molar-refractivity contribution >= 4 is 10.0 Å². The lowest BCUT2D eigenvalue weighted by atomic mass is 9.86. The molecule has 0 fully saturated rings. The van der Waals surface area contributed by atoms with Gasteiger partial charge < -0.3 is 0 Å². The van der Waals surface area contributed by atoms with Crippen LogP contribution in [0.4, 0.5) is 0 Å². The van der Waals surface area contributed by atoms with Crippen molar-refractivity contribution in [3.05, 3.63) is 35.4 Å². The number of hydrogen-bond acceptors (Lipinski definition) is 2. The molecular formula is C16H27NO2S. The lowest BCUT2D eigenvalue weighted by Crippen LogP contribution is -2.29. The fourth-order valence-electron chi connectivity index (χ4n) is 2.00. The Kier molecular flexibility index (Phi) is 5.78. The summed E-state index contributed by atoms with van der Waals surface area (Å²) in [5, 5.41) is 0. The SMILES string of the molecule is CCCCS(=O)(=O)NC(C)c1ccc(C(C)(C)C)cc1. The summed E-state index contributed by atoms with van der Waals surface area (Å²) in [5.41, 5.74) is 2.36. The van der Waals surface area contributed by atoms with E-state index in [-0.39, 0.29) is 17.2 Å². The van der Waals surface area contributed by atoms with Gasteiger partial charge in [0.1, 0.15) is 0 Å². The molecule has 1 aromatic carbocycles. The lowest BCUT2D eigenvalue weighted by molar-refractivity contribution is 0.563. The highest BCUT2D eigenvalue weighted by Crippen LogP contribution is 2.24. The van der Waals surface area contributed by atoms with Gasteiger partial charge in [-0.25, -0.2) is 13.1 Å². The highest BCUT2D eigenvalue weighted by Gasteiger charge is 2.17. The second-order valence-corrected chi connectivity index (χ2v) is 8.26. The van der Waals surface area contributed by atoms with Crippen LogP contribution in [0.3, 0.4) is 0 Å². The molecule has 1 N–H and O–H groups in total. The second-order valence-electron chi connectivity index (χ2n) is 6.38. The molecule has 114 valence electrons. The molecule has 0 aliphatic heterocycles. The van der Waals surface area contributed by atoms with E-state index in [2.05, 4.69) is 37.6 Å². The van der Waals surface area contributed by atoms with Gasteiger partial charge in [-0.05, 0) is 29.9 Å². The van der Waals surface area contributed by atoms with Gasteiger partial charge in [0.05, 0.1) is 5.75 Å². The topological polar surface area (TPSA) is 46.2 Å². The number of rotatable bonds is 6. The van der Waals surface area contributed by atoms with Crippen molar-refractivity contribution in [3.63, 3.8) is 0 Å². The van der Waals surface area contributed by atoms with Gasteiger partial charge in [-0.15, -0.1) is 0 Å². The molecule has 0 spiro atoms. The van der Waals surface area contributed by atoms with E-state index < -0.39 is 10.0 Å². The fourth-order valence-corrected chi connectivity index (χ4v) is 3.46. The third-order valence-corrected chi connectivity index (χ3v) is 4.94. The monoisotopic (exact) mass is 297 g/mol. The van der Waals surface area contributed by atoms with Crippen molar-refractivity contribution in [2.75, 3.05) is 5.75 Å². The first-order chi connectivity index (χ1) is 9.15. The first-order valence-electron chi connectivity index (χ1n) is 7.26. The zero-order valence-electron chi connectivity index (χ0n) is 13.2. The maximum absolute atomic E-state index is 11.9. The van der Waals surface area contributed by atoms with E-state index >= 15 is 0 Å². The molecule has 1 unspecified atom stereocenters. The Labute approximate surface area is 123 Å². The van der Waals surface area contributed by atoms with E-state index in [0.717, 1.165) is 12.0 Å². The maximum atomic E-state index is 11.9. The molecule has 0 aliphatic rings. The Balaban J connectivity index is 2.76. The molecule has 0 aromatic heterocycles. The molecule has 0 radical (unpaired) electrons. The normalized spacial score (nSPS) is 14.2. The number of benzene rings is 1. The highest BCUT2D eigenvalue weighted by atomic mass is 32.2. The van der Waals surface area contributed by atoms with E-state index in [4.69, 9.17) is 0 Å². The Morgan fingerprint density at radius 1 is 1.15 bits per heavy atom. The van der Waals surface area contributed by atoms with E-state index in [0.29, 0.717) is 6.42 Å². The smallest absolute Gasteiger partial charge is 0.212 e. The van der Waals surface area contributed by atoms with Crippen LogP contribution in [-0.4, -0.2) is 14.2 Å². The Bertz CT molecular complexity index is 512. The standard InChI is InChI=1S/C16H27NO2S/c1-6-7-12-20(18,19)17-13(2)14-8-10-15(11-9-14)16(3,4)5/h8-11,13,17H,6-7,12H2,1-5H3. The molecule has 4 heteroatoms. The quantitative estimate of drug-likeness (QED) is 0.869. The zero-order valence-corrected chi connectivity index (χ0v) is 14.0. The summed E-state index contributed by atoms with van der Waals surface area (Å²) >= 11 is 0. The van der Waals surface area contributed by atoms with E-state index in [9.17, 15) is 8.42 Å². The Morgan fingerprint density at radius 3 is 2.15 bits per heavy atom. The maximum Gasteiger partial charge on any atom is 0.212 e. The Hall–Kier alpha value is -0.870. The second kappa shape index (κ2) is 6.72. The molecule has 0 heterocycles. The van der Waals surface area contributed by atoms with Gasteiger partial charge in [-0.3, -0.25) is 0 Å². The zero-order chi connectivity index (χ0) is 15.4. The predicted molar refractivity (Wildman–Crippen MR) is 85.4 cm³/mol. The molecule has 0 aliphatic carbocycles. The summed E-state index contributed by atoms with van der Waals surface area (Å²) < 4.78 is 26.5. The number of hydrogen-bond donors (Lipinski definition) is 1. The molecule has 1 rings (SSSR count). The molecule has 0 saturated heterocycles. The van der Waals surface area contributed by atoms with E-state index in [1.807, 2.05) is 26.0 Å². The molecule has 20 heavy (non-hydrogen) atoms. The van der Waals surface area contributed by atoms with Crippen molar-refractivity contribution in [2.45, 2.75) is 58.9 Å². The van der Waals surface area contributed by atoms with Gasteiger partial charge in [0.15, 0.2) is 0 Å². The summed E-state index contributed by atoms with van der Waals surface area (Å²) in [6.45, 7) is 10.4. The fraction of sp³-hybridized carbons (Fsp3) is 0.625. The van der Waals surface area contributed by atoms with Crippen LogP contribution >= 0.6 is 0 Å². The van der Waals surface area contributed by atoms with Gasteiger partial charge in [0.2, 0.25) is 10.0 Å². The minimum atomic E-state index is -3.18. The number of sulfonamides is 1. The number of unbranched alkanes of at least 4 members (excludes halogenated alkanes) is 1. The van der Waals surface area contributed by atoms with Crippen LogP contribution in [0.2, 0.25) is 0 Å². The van der Waals surface area contributed by atoms with Crippen LogP contribution in [0.15, 0.2) is 24.3 Å². The first-order valence-corrected chi connectivity index (χ1v) is 8.91. The molecular weight excluding hydrogens is 270 g/mol.